The molecular weight excluding hydrogens is 142 g/mol. The van der Waals surface area contributed by atoms with E-state index in [0.717, 1.165) is 19.6 Å². The van der Waals surface area contributed by atoms with Crippen molar-refractivity contribution in [2.45, 2.75) is 13.0 Å². The van der Waals surface area contributed by atoms with E-state index in [1.807, 2.05) is 0 Å². The van der Waals surface area contributed by atoms with Crippen LogP contribution in [0.3, 0.4) is 0 Å². The zero-order valence-electron chi connectivity index (χ0n) is 6.84. The number of piperazine rings is 1. The molecule has 1 aliphatic rings. The molecule has 1 rings (SSSR count). The summed E-state index contributed by atoms with van der Waals surface area (Å²) in [5.74, 6) is -0.237. The molecule has 1 saturated heterocycles. The lowest BCUT2D eigenvalue weighted by molar-refractivity contribution is -0.119. The quantitative estimate of drug-likeness (QED) is 0.527. The molecule has 64 valence electrons. The van der Waals surface area contributed by atoms with E-state index in [9.17, 15) is 4.79 Å². The smallest absolute Gasteiger partial charge is 0.231 e. The van der Waals surface area contributed by atoms with Crippen molar-refractivity contribution in [3.8, 4) is 0 Å². The second-order valence-electron chi connectivity index (χ2n) is 3.06. The lowest BCUT2D eigenvalue weighted by Crippen LogP contribution is -2.51. The van der Waals surface area contributed by atoms with Crippen LogP contribution < -0.4 is 11.1 Å². The molecule has 0 aliphatic carbocycles. The van der Waals surface area contributed by atoms with Crippen molar-refractivity contribution >= 4 is 5.91 Å². The predicted molar refractivity (Wildman–Crippen MR) is 43.1 cm³/mol. The van der Waals surface area contributed by atoms with Crippen molar-refractivity contribution in [3.05, 3.63) is 0 Å². The van der Waals surface area contributed by atoms with Crippen LogP contribution >= 0.6 is 0 Å². The molecule has 1 aliphatic heterocycles. The third-order valence-corrected chi connectivity index (χ3v) is 1.83. The molecule has 0 aromatic rings. The predicted octanol–water partition coefficient (Wildman–Crippen LogP) is -1.23. The topological polar surface area (TPSA) is 58.4 Å². The number of rotatable bonds is 2. The molecule has 4 heteroatoms. The van der Waals surface area contributed by atoms with Crippen molar-refractivity contribution in [1.29, 1.82) is 0 Å². The fourth-order valence-electron chi connectivity index (χ4n) is 1.38. The van der Waals surface area contributed by atoms with E-state index < -0.39 is 0 Å². The van der Waals surface area contributed by atoms with Gasteiger partial charge in [0, 0.05) is 25.7 Å². The molecule has 1 atom stereocenters. The van der Waals surface area contributed by atoms with Crippen LogP contribution in [0.4, 0.5) is 0 Å². The van der Waals surface area contributed by atoms with Gasteiger partial charge < -0.3 is 11.1 Å². The number of amides is 1. The largest absolute Gasteiger partial charge is 0.369 e. The highest BCUT2D eigenvalue weighted by Crippen LogP contribution is 1.96. The van der Waals surface area contributed by atoms with Crippen LogP contribution in [0.2, 0.25) is 0 Å². The monoisotopic (exact) mass is 157 g/mol. The normalized spacial score (nSPS) is 26.8. The highest BCUT2D eigenvalue weighted by molar-refractivity contribution is 5.75. The molecule has 3 N–H and O–H groups in total. The summed E-state index contributed by atoms with van der Waals surface area (Å²) >= 11 is 0. The van der Waals surface area contributed by atoms with Crippen LogP contribution in [0.1, 0.15) is 6.92 Å². The number of hydrogen-bond donors (Lipinski definition) is 2. The summed E-state index contributed by atoms with van der Waals surface area (Å²) in [6, 6.07) is 0.475. The highest BCUT2D eigenvalue weighted by atomic mass is 16.1. The Morgan fingerprint density at radius 2 is 2.55 bits per heavy atom. The number of nitrogens with one attached hydrogen (secondary N) is 1. The number of carbonyl (C=O) groups excluding carboxylic acids is 1. The van der Waals surface area contributed by atoms with Gasteiger partial charge in [-0.25, -0.2) is 0 Å². The summed E-state index contributed by atoms with van der Waals surface area (Å²) in [6.07, 6.45) is 0. The van der Waals surface area contributed by atoms with Crippen molar-refractivity contribution in [1.82, 2.24) is 10.2 Å². The fraction of sp³-hybridized carbons (Fsp3) is 0.857. The molecule has 11 heavy (non-hydrogen) atoms. The van der Waals surface area contributed by atoms with Gasteiger partial charge >= 0.3 is 0 Å². The van der Waals surface area contributed by atoms with Gasteiger partial charge in [-0.3, -0.25) is 9.69 Å². The average Bonchev–Trinajstić information content (AvgIpc) is 1.85. The zero-order chi connectivity index (χ0) is 8.27. The molecular formula is C7H15N3O. The summed E-state index contributed by atoms with van der Waals surface area (Å²) in [7, 11) is 0. The van der Waals surface area contributed by atoms with Crippen LogP contribution in [0.15, 0.2) is 0 Å². The first-order chi connectivity index (χ1) is 5.18. The van der Waals surface area contributed by atoms with Gasteiger partial charge in [0.2, 0.25) is 5.91 Å². The third kappa shape index (κ3) is 2.86. The molecule has 1 amide bonds. The number of primary amides is 1. The summed E-state index contributed by atoms with van der Waals surface area (Å²) in [5.41, 5.74) is 5.07. The number of nitrogens with two attached hydrogens (primary N) is 1. The van der Waals surface area contributed by atoms with Gasteiger partial charge in [0.1, 0.15) is 0 Å². The maximum absolute atomic E-state index is 10.5. The Balaban J connectivity index is 2.28. The number of hydrogen-bond acceptors (Lipinski definition) is 3. The minimum Gasteiger partial charge on any atom is -0.369 e. The lowest BCUT2D eigenvalue weighted by atomic mass is 10.2. The van der Waals surface area contributed by atoms with E-state index in [2.05, 4.69) is 17.1 Å². The Labute approximate surface area is 66.7 Å². The van der Waals surface area contributed by atoms with Crippen LogP contribution in [-0.2, 0) is 4.79 Å². The molecule has 0 spiro atoms. The first-order valence-electron chi connectivity index (χ1n) is 3.92. The molecule has 0 aromatic carbocycles. The van der Waals surface area contributed by atoms with E-state index in [1.165, 1.54) is 0 Å². The molecule has 1 fully saturated rings. The first-order valence-corrected chi connectivity index (χ1v) is 3.92. The van der Waals surface area contributed by atoms with Gasteiger partial charge in [-0.15, -0.1) is 0 Å². The van der Waals surface area contributed by atoms with Gasteiger partial charge in [0.15, 0.2) is 0 Å². The van der Waals surface area contributed by atoms with Crippen LogP contribution in [-0.4, -0.2) is 43.0 Å². The molecule has 0 bridgehead atoms. The third-order valence-electron chi connectivity index (χ3n) is 1.83. The zero-order valence-corrected chi connectivity index (χ0v) is 6.84. The SMILES string of the molecule is C[C@H]1CN(CC(N)=O)CCN1. The van der Waals surface area contributed by atoms with Gasteiger partial charge in [-0.05, 0) is 6.92 Å². The Morgan fingerprint density at radius 1 is 1.82 bits per heavy atom. The van der Waals surface area contributed by atoms with E-state index in [0.29, 0.717) is 12.6 Å². The highest BCUT2D eigenvalue weighted by Gasteiger charge is 2.16. The summed E-state index contributed by atoms with van der Waals surface area (Å²) in [5, 5.41) is 3.29. The molecule has 0 radical (unpaired) electrons. The Morgan fingerprint density at radius 3 is 3.09 bits per heavy atom. The maximum Gasteiger partial charge on any atom is 0.231 e. The number of carbonyl (C=O) groups is 1. The Kier molecular flexibility index (Phi) is 2.84. The minimum absolute atomic E-state index is 0.237. The standard InChI is InChI=1S/C7H15N3O/c1-6-4-10(3-2-9-6)5-7(8)11/h6,9H,2-5H2,1H3,(H2,8,11)/t6-/m0/s1. The second-order valence-corrected chi connectivity index (χ2v) is 3.06. The van der Waals surface area contributed by atoms with Crippen LogP contribution in [0.5, 0.6) is 0 Å². The van der Waals surface area contributed by atoms with E-state index >= 15 is 0 Å². The van der Waals surface area contributed by atoms with E-state index in [1.54, 1.807) is 0 Å². The summed E-state index contributed by atoms with van der Waals surface area (Å²) < 4.78 is 0. The van der Waals surface area contributed by atoms with Gasteiger partial charge in [0.25, 0.3) is 0 Å². The van der Waals surface area contributed by atoms with Crippen molar-refractivity contribution in [2.24, 2.45) is 5.73 Å². The first kappa shape index (κ1) is 8.49. The molecule has 0 unspecified atom stereocenters. The van der Waals surface area contributed by atoms with E-state index in [4.69, 9.17) is 5.73 Å². The van der Waals surface area contributed by atoms with Crippen LogP contribution in [0, 0.1) is 0 Å². The van der Waals surface area contributed by atoms with E-state index in [-0.39, 0.29) is 5.91 Å². The molecule has 0 saturated carbocycles. The van der Waals surface area contributed by atoms with Gasteiger partial charge in [-0.2, -0.15) is 0 Å². The molecule has 1 heterocycles. The fourth-order valence-corrected chi connectivity index (χ4v) is 1.38. The minimum atomic E-state index is -0.237. The number of nitrogens with zero attached hydrogens (tertiary/aromatic N) is 1. The molecule has 0 aromatic heterocycles. The average molecular weight is 157 g/mol. The van der Waals surface area contributed by atoms with Crippen molar-refractivity contribution in [2.75, 3.05) is 26.2 Å². The Hall–Kier alpha value is -0.610. The lowest BCUT2D eigenvalue weighted by Gasteiger charge is -2.30. The molecule has 4 nitrogen and oxygen atoms in total. The summed E-state index contributed by atoms with van der Waals surface area (Å²) in [6.45, 7) is 5.30. The van der Waals surface area contributed by atoms with Crippen molar-refractivity contribution < 1.29 is 4.79 Å². The van der Waals surface area contributed by atoms with Crippen molar-refractivity contribution in [3.63, 3.8) is 0 Å². The maximum atomic E-state index is 10.5. The van der Waals surface area contributed by atoms with Gasteiger partial charge in [0.05, 0.1) is 6.54 Å². The summed E-state index contributed by atoms with van der Waals surface area (Å²) in [4.78, 5) is 12.6. The van der Waals surface area contributed by atoms with Crippen LogP contribution in [0.25, 0.3) is 0 Å². The Bertz CT molecular complexity index is 149. The van der Waals surface area contributed by atoms with Gasteiger partial charge in [-0.1, -0.05) is 0 Å². The second kappa shape index (κ2) is 3.69.